The first-order valence-electron chi connectivity index (χ1n) is 8.90. The Kier molecular flexibility index (Phi) is 5.67. The molecule has 146 valence electrons. The Morgan fingerprint density at radius 2 is 2.15 bits per heavy atom. The Labute approximate surface area is 162 Å². The Morgan fingerprint density at radius 1 is 1.41 bits per heavy atom. The van der Waals surface area contributed by atoms with E-state index >= 15 is 0 Å². The molecule has 0 saturated carbocycles. The lowest BCUT2D eigenvalue weighted by molar-refractivity contribution is -0.00583. The maximum atomic E-state index is 12.3. The van der Waals surface area contributed by atoms with Crippen molar-refractivity contribution in [1.29, 1.82) is 0 Å². The number of fused-ring (bicyclic) bond motifs is 1. The minimum absolute atomic E-state index is 0.168. The predicted octanol–water partition coefficient (Wildman–Crippen LogP) is 2.71. The summed E-state index contributed by atoms with van der Waals surface area (Å²) in [6, 6.07) is 1.65. The van der Waals surface area contributed by atoms with E-state index in [0.717, 1.165) is 0 Å². The molecule has 2 aromatic heterocycles. The molecule has 1 aliphatic heterocycles. The molecule has 2 atom stereocenters. The number of nitrogens with zero attached hydrogens (tertiary/aromatic N) is 4. The molecular formula is C18H24ClN5O3. The number of anilines is 1. The van der Waals surface area contributed by atoms with E-state index in [9.17, 15) is 9.90 Å². The van der Waals surface area contributed by atoms with Crippen LogP contribution in [0.5, 0.6) is 0 Å². The van der Waals surface area contributed by atoms with Gasteiger partial charge in [-0.3, -0.25) is 4.98 Å². The average Bonchev–Trinajstić information content (AvgIpc) is 2.59. The summed E-state index contributed by atoms with van der Waals surface area (Å²) in [6.45, 7) is 6.78. The molecule has 0 spiro atoms. The monoisotopic (exact) mass is 393 g/mol. The molecule has 1 saturated heterocycles. The van der Waals surface area contributed by atoms with Crippen molar-refractivity contribution in [3.05, 3.63) is 23.6 Å². The highest BCUT2D eigenvalue weighted by molar-refractivity contribution is 6.30. The van der Waals surface area contributed by atoms with Crippen LogP contribution in [-0.2, 0) is 4.74 Å². The molecule has 3 rings (SSSR count). The van der Waals surface area contributed by atoms with Gasteiger partial charge in [0.05, 0.1) is 11.6 Å². The van der Waals surface area contributed by atoms with Gasteiger partial charge in [-0.25, -0.2) is 14.8 Å². The number of rotatable bonds is 3. The van der Waals surface area contributed by atoms with E-state index < -0.39 is 11.7 Å². The second-order valence-electron chi connectivity index (χ2n) is 7.64. The zero-order valence-corrected chi connectivity index (χ0v) is 16.4. The van der Waals surface area contributed by atoms with Crippen LogP contribution in [0.1, 0.15) is 27.2 Å². The van der Waals surface area contributed by atoms with Crippen LogP contribution in [0.3, 0.4) is 0 Å². The zero-order chi connectivity index (χ0) is 19.6. The molecule has 0 radical (unpaired) electrons. The normalized spacial score (nSPS) is 20.6. The third kappa shape index (κ3) is 4.95. The zero-order valence-electron chi connectivity index (χ0n) is 15.6. The number of halogens is 1. The lowest BCUT2D eigenvalue weighted by Crippen LogP contribution is -2.49. The fraction of sp³-hybridized carbons (Fsp3) is 0.556. The van der Waals surface area contributed by atoms with Gasteiger partial charge >= 0.3 is 6.09 Å². The van der Waals surface area contributed by atoms with E-state index in [1.54, 1.807) is 23.4 Å². The second-order valence-corrected chi connectivity index (χ2v) is 8.03. The maximum Gasteiger partial charge on any atom is 0.410 e. The van der Waals surface area contributed by atoms with Crippen LogP contribution in [0.2, 0.25) is 5.15 Å². The predicted molar refractivity (Wildman–Crippen MR) is 103 cm³/mol. The number of piperidine rings is 1. The van der Waals surface area contributed by atoms with Gasteiger partial charge in [0.2, 0.25) is 0 Å². The first-order chi connectivity index (χ1) is 12.7. The van der Waals surface area contributed by atoms with Crippen molar-refractivity contribution in [2.45, 2.75) is 38.9 Å². The molecular weight excluding hydrogens is 370 g/mol. The van der Waals surface area contributed by atoms with Gasteiger partial charge < -0.3 is 20.1 Å². The van der Waals surface area contributed by atoms with Gasteiger partial charge in [-0.1, -0.05) is 11.6 Å². The number of pyridine rings is 1. The molecule has 0 aliphatic carbocycles. The summed E-state index contributed by atoms with van der Waals surface area (Å²) < 4.78 is 5.43. The minimum atomic E-state index is -0.552. The molecule has 9 heteroatoms. The van der Waals surface area contributed by atoms with Gasteiger partial charge in [-0.15, -0.1) is 0 Å². The van der Waals surface area contributed by atoms with Crippen molar-refractivity contribution in [3.8, 4) is 0 Å². The number of aliphatic hydroxyl groups excluding tert-OH is 1. The molecule has 27 heavy (non-hydrogen) atoms. The van der Waals surface area contributed by atoms with E-state index in [0.29, 0.717) is 48.1 Å². The number of amides is 1. The summed E-state index contributed by atoms with van der Waals surface area (Å²) in [5, 5.41) is 13.9. The van der Waals surface area contributed by atoms with Crippen LogP contribution < -0.4 is 5.32 Å². The second kappa shape index (κ2) is 7.82. The molecule has 1 aliphatic rings. The number of carbonyl (C=O) groups excluding carboxylic acids is 1. The first-order valence-corrected chi connectivity index (χ1v) is 9.28. The number of likely N-dealkylation sites (tertiary alicyclic amines) is 1. The van der Waals surface area contributed by atoms with E-state index in [4.69, 9.17) is 16.3 Å². The number of carbonyl (C=O) groups is 1. The van der Waals surface area contributed by atoms with E-state index in [1.165, 1.54) is 0 Å². The van der Waals surface area contributed by atoms with Crippen molar-refractivity contribution in [1.82, 2.24) is 19.9 Å². The summed E-state index contributed by atoms with van der Waals surface area (Å²) in [5.41, 5.74) is 0.694. The van der Waals surface area contributed by atoms with Gasteiger partial charge in [0.15, 0.2) is 5.82 Å². The Hall–Kier alpha value is -2.19. The maximum absolute atomic E-state index is 12.3. The largest absolute Gasteiger partial charge is 0.444 e. The molecule has 8 nitrogen and oxygen atoms in total. The van der Waals surface area contributed by atoms with Crippen LogP contribution in [-0.4, -0.2) is 62.4 Å². The van der Waals surface area contributed by atoms with Gasteiger partial charge in [-0.2, -0.15) is 0 Å². The van der Waals surface area contributed by atoms with Gasteiger partial charge in [0.1, 0.15) is 16.3 Å². The van der Waals surface area contributed by atoms with E-state index in [2.05, 4.69) is 20.3 Å². The summed E-state index contributed by atoms with van der Waals surface area (Å²) in [6.07, 6.45) is 2.79. The highest BCUT2D eigenvalue weighted by Crippen LogP contribution is 2.24. The lowest BCUT2D eigenvalue weighted by atomic mass is 9.95. The van der Waals surface area contributed by atoms with E-state index in [1.807, 2.05) is 20.8 Å². The van der Waals surface area contributed by atoms with Gasteiger partial charge in [0, 0.05) is 44.0 Å². The van der Waals surface area contributed by atoms with Gasteiger partial charge in [0.25, 0.3) is 0 Å². The van der Waals surface area contributed by atoms with Crippen LogP contribution in [0.25, 0.3) is 11.0 Å². The van der Waals surface area contributed by atoms with Crippen molar-refractivity contribution >= 4 is 34.5 Å². The Balaban J connectivity index is 1.69. The van der Waals surface area contributed by atoms with Crippen LogP contribution in [0, 0.1) is 5.92 Å². The molecule has 1 fully saturated rings. The molecule has 0 unspecified atom stereocenters. The van der Waals surface area contributed by atoms with Crippen LogP contribution in [0.4, 0.5) is 10.6 Å². The Bertz CT molecular complexity index is 826. The lowest BCUT2D eigenvalue weighted by Gasteiger charge is -2.37. The molecule has 3 heterocycles. The average molecular weight is 394 g/mol. The number of ether oxygens (including phenoxy) is 1. The van der Waals surface area contributed by atoms with E-state index in [-0.39, 0.29) is 12.0 Å². The first kappa shape index (κ1) is 19.6. The molecule has 0 aromatic carbocycles. The van der Waals surface area contributed by atoms with Crippen LogP contribution in [0.15, 0.2) is 18.5 Å². The van der Waals surface area contributed by atoms with Crippen molar-refractivity contribution in [2.24, 2.45) is 5.92 Å². The number of aromatic nitrogens is 3. The fourth-order valence-corrected chi connectivity index (χ4v) is 3.19. The summed E-state index contributed by atoms with van der Waals surface area (Å²) in [4.78, 5) is 26.8. The van der Waals surface area contributed by atoms with Crippen LogP contribution >= 0.6 is 11.6 Å². The SMILES string of the molecule is CC(C)(C)OC(=O)N1CC[C@H](O)[C@@H](CNc2nc(Cl)cc3nccnc23)C1. The third-order valence-corrected chi connectivity index (χ3v) is 4.50. The molecule has 2 N–H and O–H groups in total. The third-order valence-electron chi connectivity index (χ3n) is 4.30. The van der Waals surface area contributed by atoms with Crippen molar-refractivity contribution in [3.63, 3.8) is 0 Å². The highest BCUT2D eigenvalue weighted by Gasteiger charge is 2.32. The molecule has 1 amide bonds. The summed E-state index contributed by atoms with van der Waals surface area (Å²) in [7, 11) is 0. The fourth-order valence-electron chi connectivity index (χ4n) is 3.01. The summed E-state index contributed by atoms with van der Waals surface area (Å²) >= 11 is 6.06. The Morgan fingerprint density at radius 3 is 2.89 bits per heavy atom. The topological polar surface area (TPSA) is 100 Å². The number of hydrogen-bond acceptors (Lipinski definition) is 7. The number of hydrogen-bond donors (Lipinski definition) is 2. The highest BCUT2D eigenvalue weighted by atomic mass is 35.5. The number of nitrogens with one attached hydrogen (secondary N) is 1. The minimum Gasteiger partial charge on any atom is -0.444 e. The smallest absolute Gasteiger partial charge is 0.410 e. The van der Waals surface area contributed by atoms with Crippen molar-refractivity contribution < 1.29 is 14.6 Å². The standard InChI is InChI=1S/C18H24ClN5O3/c1-18(2,3)27-17(26)24-7-4-13(25)11(10-24)9-22-16-15-12(8-14(19)23-16)20-5-6-21-15/h5-6,8,11,13,25H,4,7,9-10H2,1-3H3,(H,22,23)/t11-,13-/m0/s1. The molecule has 2 aromatic rings. The number of aliphatic hydroxyl groups is 1. The van der Waals surface area contributed by atoms with Crippen molar-refractivity contribution in [2.75, 3.05) is 25.0 Å². The molecule has 0 bridgehead atoms. The van der Waals surface area contributed by atoms with Gasteiger partial charge in [-0.05, 0) is 27.2 Å². The quantitative estimate of drug-likeness (QED) is 0.773. The summed E-state index contributed by atoms with van der Waals surface area (Å²) in [5.74, 6) is 0.339.